The number of amides is 1. The minimum Gasteiger partial charge on any atom is -0.403 e. The number of hydrogen-bond acceptors (Lipinski definition) is 8. The van der Waals surface area contributed by atoms with Crippen molar-refractivity contribution >= 4 is 42.1 Å². The van der Waals surface area contributed by atoms with Gasteiger partial charge < -0.3 is 15.1 Å². The van der Waals surface area contributed by atoms with Gasteiger partial charge >= 0.3 is 6.01 Å². The number of aliphatic imine (C=N–C) groups is 2. The molecule has 0 spiro atoms. The summed E-state index contributed by atoms with van der Waals surface area (Å²) in [7, 11) is 1.54. The molecule has 0 saturated heterocycles. The maximum Gasteiger partial charge on any atom is 0.317 e. The van der Waals surface area contributed by atoms with Crippen LogP contribution in [-0.4, -0.2) is 48.1 Å². The molecule has 2 heterocycles. The predicted octanol–water partition coefficient (Wildman–Crippen LogP) is 4.18. The van der Waals surface area contributed by atoms with Crippen LogP contribution in [0.4, 0.5) is 21.8 Å². The van der Waals surface area contributed by atoms with Crippen molar-refractivity contribution in [2.75, 3.05) is 22.7 Å². The largest absolute Gasteiger partial charge is 0.403 e. The summed E-state index contributed by atoms with van der Waals surface area (Å²) in [4.78, 5) is 21.5. The number of benzodiazepines with no additional fused rings is 1. The Bertz CT molecular complexity index is 1520. The quantitative estimate of drug-likeness (QED) is 0.225. The summed E-state index contributed by atoms with van der Waals surface area (Å²) in [6.07, 6.45) is 0.274. The number of benzene rings is 3. The van der Waals surface area contributed by atoms with Gasteiger partial charge in [0.1, 0.15) is 17.8 Å². The molecule has 1 aliphatic heterocycles. The molecular weight excluding hydrogens is 475 g/mol. The minimum absolute atomic E-state index is 0.0470. The molecule has 0 bridgehead atoms. The lowest BCUT2D eigenvalue weighted by atomic mass is 10.0. The van der Waals surface area contributed by atoms with E-state index in [0.717, 1.165) is 11.1 Å². The number of nitrogens with zero attached hydrogens (tertiary/aromatic N) is 6. The molecule has 2 N–H and O–H groups in total. The number of hydrogen-bond donors (Lipinski definition) is 2. The number of rotatable bonds is 7. The second kappa shape index (κ2) is 10.2. The number of nitrogens with one attached hydrogen (secondary N) is 2. The number of carbonyl (C=O) groups excluding carboxylic acids is 1. The van der Waals surface area contributed by atoms with Crippen LogP contribution in [0.5, 0.6) is 0 Å². The SMILES string of the molecule is C=NN(C=NC)c1ccc(-c2nnc(NC3N=C(c4ccccc4)c4ccccc4NC3=O)o2)cc1F. The topological polar surface area (TPSA) is 120 Å². The van der Waals surface area contributed by atoms with Crippen LogP contribution in [0.1, 0.15) is 11.1 Å². The Morgan fingerprint density at radius 2 is 1.86 bits per heavy atom. The summed E-state index contributed by atoms with van der Waals surface area (Å²) < 4.78 is 20.4. The number of halogens is 1. The number of aromatic nitrogens is 2. The minimum atomic E-state index is -1.06. The van der Waals surface area contributed by atoms with Gasteiger partial charge in [-0.25, -0.2) is 14.4 Å². The number of fused-ring (bicyclic) bond motifs is 1. The monoisotopic (exact) mass is 496 g/mol. The van der Waals surface area contributed by atoms with Gasteiger partial charge in [0.2, 0.25) is 12.1 Å². The average Bonchev–Trinajstić information content (AvgIpc) is 3.34. The van der Waals surface area contributed by atoms with E-state index in [9.17, 15) is 9.18 Å². The average molecular weight is 497 g/mol. The molecule has 10 nitrogen and oxygen atoms in total. The smallest absolute Gasteiger partial charge is 0.317 e. The predicted molar refractivity (Wildman–Crippen MR) is 141 cm³/mol. The Hall–Kier alpha value is -5.19. The zero-order chi connectivity index (χ0) is 25.8. The first-order valence-electron chi connectivity index (χ1n) is 11.2. The van der Waals surface area contributed by atoms with E-state index in [-0.39, 0.29) is 17.6 Å². The molecule has 11 heteroatoms. The standard InChI is InChI=1S/C26H21FN8O2/c1-28-15-35(29-2)21-13-12-17(14-19(21)27)25-33-34-26(37-25)32-23-24(36)30-20-11-7-6-10-18(20)22(31-23)16-8-4-3-5-9-16/h3-15,23H,2H2,1H3,(H,30,36)(H,32,34). The Balaban J connectivity index is 1.43. The van der Waals surface area contributed by atoms with Crippen molar-refractivity contribution in [3.05, 3.63) is 89.7 Å². The lowest BCUT2D eigenvalue weighted by Crippen LogP contribution is -2.32. The first kappa shape index (κ1) is 23.5. The van der Waals surface area contributed by atoms with E-state index in [1.807, 2.05) is 54.6 Å². The van der Waals surface area contributed by atoms with E-state index in [1.165, 1.54) is 30.5 Å². The second-order valence-electron chi connectivity index (χ2n) is 7.86. The Morgan fingerprint density at radius 3 is 2.62 bits per heavy atom. The van der Waals surface area contributed by atoms with Gasteiger partial charge in [0.05, 0.1) is 11.4 Å². The maximum absolute atomic E-state index is 14.7. The van der Waals surface area contributed by atoms with Gasteiger partial charge in [-0.1, -0.05) is 53.6 Å². The summed E-state index contributed by atoms with van der Waals surface area (Å²) >= 11 is 0. The molecule has 3 aromatic carbocycles. The van der Waals surface area contributed by atoms with E-state index in [2.05, 4.69) is 42.6 Å². The van der Waals surface area contributed by atoms with Crippen LogP contribution in [0.3, 0.4) is 0 Å². The van der Waals surface area contributed by atoms with E-state index >= 15 is 0 Å². The highest BCUT2D eigenvalue weighted by molar-refractivity contribution is 6.19. The summed E-state index contributed by atoms with van der Waals surface area (Å²) in [6.45, 7) is 3.41. The van der Waals surface area contributed by atoms with Crippen molar-refractivity contribution in [2.45, 2.75) is 6.17 Å². The first-order chi connectivity index (χ1) is 18.1. The van der Waals surface area contributed by atoms with Crippen LogP contribution in [0.15, 0.2) is 92.3 Å². The van der Waals surface area contributed by atoms with Gasteiger partial charge in [0.15, 0.2) is 0 Å². The van der Waals surface area contributed by atoms with E-state index in [0.29, 0.717) is 17.0 Å². The fraction of sp³-hybridized carbons (Fsp3) is 0.0769. The number of para-hydroxylation sites is 1. The molecule has 0 fully saturated rings. The van der Waals surface area contributed by atoms with Gasteiger partial charge in [-0.05, 0) is 24.3 Å². The molecule has 5 rings (SSSR count). The van der Waals surface area contributed by atoms with Crippen LogP contribution >= 0.6 is 0 Å². The van der Waals surface area contributed by atoms with Crippen LogP contribution in [-0.2, 0) is 4.79 Å². The van der Waals surface area contributed by atoms with Crippen LogP contribution in [0.25, 0.3) is 11.5 Å². The van der Waals surface area contributed by atoms with E-state index < -0.39 is 17.9 Å². The fourth-order valence-corrected chi connectivity index (χ4v) is 3.81. The molecule has 184 valence electrons. The molecular formula is C26H21FN8O2. The Morgan fingerprint density at radius 1 is 1.08 bits per heavy atom. The third-order valence-electron chi connectivity index (χ3n) is 5.50. The highest BCUT2D eigenvalue weighted by atomic mass is 19.1. The maximum atomic E-state index is 14.7. The lowest BCUT2D eigenvalue weighted by molar-refractivity contribution is -0.116. The molecule has 0 radical (unpaired) electrons. The van der Waals surface area contributed by atoms with Crippen LogP contribution in [0.2, 0.25) is 0 Å². The van der Waals surface area contributed by atoms with Crippen LogP contribution < -0.4 is 15.6 Å². The normalized spacial score (nSPS) is 14.9. The third kappa shape index (κ3) is 4.82. The van der Waals surface area contributed by atoms with Gasteiger partial charge in [-0.2, -0.15) is 5.10 Å². The zero-order valence-corrected chi connectivity index (χ0v) is 19.7. The summed E-state index contributed by atoms with van der Waals surface area (Å²) in [5.74, 6) is -0.932. The van der Waals surface area contributed by atoms with Gasteiger partial charge in [-0.3, -0.25) is 9.79 Å². The van der Waals surface area contributed by atoms with Crippen molar-refractivity contribution in [3.8, 4) is 11.5 Å². The number of hydrazone groups is 1. The highest BCUT2D eigenvalue weighted by Crippen LogP contribution is 2.28. The Labute approximate surface area is 211 Å². The highest BCUT2D eigenvalue weighted by Gasteiger charge is 2.27. The molecule has 1 aromatic heterocycles. The lowest BCUT2D eigenvalue weighted by Gasteiger charge is -2.13. The van der Waals surface area contributed by atoms with Crippen molar-refractivity contribution in [1.29, 1.82) is 0 Å². The Kier molecular flexibility index (Phi) is 6.49. The summed E-state index contributed by atoms with van der Waals surface area (Å²) in [5.41, 5.74) is 3.38. The van der Waals surface area contributed by atoms with Gasteiger partial charge in [0.25, 0.3) is 5.91 Å². The molecule has 0 saturated carbocycles. The fourth-order valence-electron chi connectivity index (χ4n) is 3.81. The summed E-state index contributed by atoms with van der Waals surface area (Å²) in [5, 5.41) is 18.6. The van der Waals surface area contributed by atoms with Gasteiger partial charge in [-0.15, -0.1) is 5.10 Å². The second-order valence-corrected chi connectivity index (χ2v) is 7.86. The molecule has 1 aliphatic rings. The number of carbonyl (C=O) groups is 1. The van der Waals surface area contributed by atoms with Crippen LogP contribution in [0, 0.1) is 5.82 Å². The zero-order valence-electron chi connectivity index (χ0n) is 19.7. The van der Waals surface area contributed by atoms with Crippen molar-refractivity contribution in [1.82, 2.24) is 10.2 Å². The third-order valence-corrected chi connectivity index (χ3v) is 5.50. The van der Waals surface area contributed by atoms with E-state index in [4.69, 9.17) is 4.42 Å². The molecule has 4 aromatic rings. The molecule has 0 aliphatic carbocycles. The van der Waals surface area contributed by atoms with Crippen molar-refractivity contribution in [3.63, 3.8) is 0 Å². The summed E-state index contributed by atoms with van der Waals surface area (Å²) in [6, 6.07) is 21.2. The molecule has 1 amide bonds. The molecule has 37 heavy (non-hydrogen) atoms. The van der Waals surface area contributed by atoms with Crippen molar-refractivity contribution < 1.29 is 13.6 Å². The number of anilines is 3. The van der Waals surface area contributed by atoms with Gasteiger partial charge in [0, 0.05) is 30.5 Å². The first-order valence-corrected chi connectivity index (χ1v) is 11.2. The molecule has 1 atom stereocenters. The van der Waals surface area contributed by atoms with Crippen molar-refractivity contribution in [2.24, 2.45) is 15.1 Å². The van der Waals surface area contributed by atoms with E-state index in [1.54, 1.807) is 6.07 Å². The molecule has 1 unspecified atom stereocenters.